The maximum absolute atomic E-state index is 6.19. The Bertz CT molecular complexity index is 543. The van der Waals surface area contributed by atoms with E-state index >= 15 is 0 Å². The van der Waals surface area contributed by atoms with Gasteiger partial charge in [-0.15, -0.1) is 0 Å². The maximum Gasteiger partial charge on any atom is 0.207 e. The Morgan fingerprint density at radius 2 is 2.24 bits per heavy atom. The van der Waals surface area contributed by atoms with Gasteiger partial charge in [-0.05, 0) is 37.5 Å². The van der Waals surface area contributed by atoms with E-state index in [0.717, 1.165) is 22.2 Å². The van der Waals surface area contributed by atoms with Gasteiger partial charge in [0.05, 0.1) is 10.7 Å². The first-order valence-electron chi connectivity index (χ1n) is 5.80. The van der Waals surface area contributed by atoms with Crippen LogP contribution in [0, 0.1) is 6.92 Å². The average Bonchev–Trinajstić information content (AvgIpc) is 3.03. The Morgan fingerprint density at radius 3 is 2.94 bits per heavy atom. The van der Waals surface area contributed by atoms with Crippen molar-refractivity contribution in [3.63, 3.8) is 0 Å². The molecule has 0 radical (unpaired) electrons. The van der Waals surface area contributed by atoms with Gasteiger partial charge in [0.2, 0.25) is 5.95 Å². The van der Waals surface area contributed by atoms with Gasteiger partial charge in [-0.3, -0.25) is 0 Å². The smallest absolute Gasteiger partial charge is 0.207 e. The van der Waals surface area contributed by atoms with Crippen LogP contribution in [0.1, 0.15) is 24.4 Å². The molecule has 1 aromatic carbocycles. The van der Waals surface area contributed by atoms with Crippen LogP contribution in [-0.4, -0.2) is 9.55 Å². The number of halogens is 1. The quantitative estimate of drug-likeness (QED) is 0.891. The number of imidazole rings is 1. The van der Waals surface area contributed by atoms with Gasteiger partial charge < -0.3 is 9.88 Å². The van der Waals surface area contributed by atoms with Crippen molar-refractivity contribution in [1.82, 2.24) is 9.55 Å². The zero-order valence-electron chi connectivity index (χ0n) is 9.65. The van der Waals surface area contributed by atoms with Crippen molar-refractivity contribution >= 4 is 23.2 Å². The largest absolute Gasteiger partial charge is 0.324 e. The molecule has 17 heavy (non-hydrogen) atoms. The molecule has 4 heteroatoms. The van der Waals surface area contributed by atoms with E-state index in [2.05, 4.69) is 14.9 Å². The van der Waals surface area contributed by atoms with Gasteiger partial charge in [0.15, 0.2) is 0 Å². The Morgan fingerprint density at radius 1 is 1.41 bits per heavy atom. The Balaban J connectivity index is 1.88. The van der Waals surface area contributed by atoms with Crippen LogP contribution in [0.25, 0.3) is 0 Å². The molecule has 3 nitrogen and oxygen atoms in total. The minimum atomic E-state index is 0.615. The van der Waals surface area contributed by atoms with Gasteiger partial charge >= 0.3 is 0 Å². The first-order chi connectivity index (χ1) is 8.24. The van der Waals surface area contributed by atoms with E-state index in [1.54, 1.807) is 0 Å². The van der Waals surface area contributed by atoms with Gasteiger partial charge in [-0.2, -0.15) is 0 Å². The van der Waals surface area contributed by atoms with Crippen LogP contribution in [0.2, 0.25) is 5.02 Å². The highest BCUT2D eigenvalue weighted by Crippen LogP contribution is 2.37. The highest BCUT2D eigenvalue weighted by Gasteiger charge is 2.25. The van der Waals surface area contributed by atoms with Crippen LogP contribution in [0.4, 0.5) is 11.6 Å². The van der Waals surface area contributed by atoms with Crippen LogP contribution in [0.15, 0.2) is 30.6 Å². The molecule has 1 heterocycles. The van der Waals surface area contributed by atoms with Crippen molar-refractivity contribution in [2.75, 3.05) is 5.32 Å². The predicted molar refractivity (Wildman–Crippen MR) is 70.0 cm³/mol. The molecule has 0 bridgehead atoms. The molecule has 0 aliphatic heterocycles. The Kier molecular flexibility index (Phi) is 2.56. The first kappa shape index (κ1) is 10.7. The summed E-state index contributed by atoms with van der Waals surface area (Å²) in [5.74, 6) is 0.873. The van der Waals surface area contributed by atoms with Crippen molar-refractivity contribution in [3.05, 3.63) is 41.2 Å². The molecule has 1 fully saturated rings. The topological polar surface area (TPSA) is 29.9 Å². The molecule has 0 saturated heterocycles. The van der Waals surface area contributed by atoms with E-state index in [-0.39, 0.29) is 0 Å². The van der Waals surface area contributed by atoms with E-state index in [1.165, 1.54) is 12.8 Å². The molecule has 1 saturated carbocycles. The van der Waals surface area contributed by atoms with E-state index in [0.29, 0.717) is 6.04 Å². The summed E-state index contributed by atoms with van der Waals surface area (Å²) in [5.41, 5.74) is 2.07. The third kappa shape index (κ3) is 2.15. The zero-order chi connectivity index (χ0) is 11.8. The molecule has 1 aliphatic rings. The molecule has 0 spiro atoms. The van der Waals surface area contributed by atoms with Crippen molar-refractivity contribution in [1.29, 1.82) is 0 Å². The number of hydrogen-bond donors (Lipinski definition) is 1. The number of aryl methyl sites for hydroxylation is 1. The van der Waals surface area contributed by atoms with E-state index in [1.807, 2.05) is 37.5 Å². The second kappa shape index (κ2) is 4.08. The molecule has 3 rings (SSSR count). The summed E-state index contributed by atoms with van der Waals surface area (Å²) in [4.78, 5) is 4.33. The minimum Gasteiger partial charge on any atom is -0.324 e. The summed E-state index contributed by atoms with van der Waals surface area (Å²) in [6, 6.07) is 6.60. The van der Waals surface area contributed by atoms with Gasteiger partial charge in [-0.25, -0.2) is 4.98 Å². The number of nitrogens with zero attached hydrogens (tertiary/aromatic N) is 2. The molecule has 0 amide bonds. The van der Waals surface area contributed by atoms with Crippen LogP contribution in [0.5, 0.6) is 0 Å². The summed E-state index contributed by atoms with van der Waals surface area (Å²) in [5, 5.41) is 4.02. The first-order valence-corrected chi connectivity index (χ1v) is 6.18. The molecular formula is C13H14ClN3. The highest BCUT2D eigenvalue weighted by atomic mass is 35.5. The fourth-order valence-electron chi connectivity index (χ4n) is 1.90. The Hall–Kier alpha value is -1.48. The summed E-state index contributed by atoms with van der Waals surface area (Å²) < 4.78 is 2.18. The second-order valence-electron chi connectivity index (χ2n) is 4.50. The highest BCUT2D eigenvalue weighted by molar-refractivity contribution is 6.33. The molecule has 2 aromatic rings. The SMILES string of the molecule is Cc1ccc(Nc2nccn2C2CC2)c(Cl)c1. The fraction of sp³-hybridized carbons (Fsp3) is 0.308. The van der Waals surface area contributed by atoms with Gasteiger partial charge in [0, 0.05) is 18.4 Å². The molecule has 0 unspecified atom stereocenters. The van der Waals surface area contributed by atoms with Crippen molar-refractivity contribution in [2.24, 2.45) is 0 Å². The standard InChI is InChI=1S/C13H14ClN3/c1-9-2-5-12(11(14)8-9)16-13-15-6-7-17(13)10-3-4-10/h2,5-8,10H,3-4H2,1H3,(H,15,16). The lowest BCUT2D eigenvalue weighted by Crippen LogP contribution is -2.01. The number of benzene rings is 1. The van der Waals surface area contributed by atoms with Gasteiger partial charge in [0.1, 0.15) is 0 Å². The second-order valence-corrected chi connectivity index (χ2v) is 4.90. The lowest BCUT2D eigenvalue weighted by Gasteiger charge is -2.10. The lowest BCUT2D eigenvalue weighted by atomic mass is 10.2. The predicted octanol–water partition coefficient (Wildman–Crippen LogP) is 3.92. The molecule has 88 valence electrons. The van der Waals surface area contributed by atoms with Crippen molar-refractivity contribution in [3.8, 4) is 0 Å². The third-order valence-electron chi connectivity index (χ3n) is 2.98. The van der Waals surface area contributed by atoms with Gasteiger partial charge in [0.25, 0.3) is 0 Å². The van der Waals surface area contributed by atoms with Crippen molar-refractivity contribution < 1.29 is 0 Å². The van der Waals surface area contributed by atoms with Crippen LogP contribution in [-0.2, 0) is 0 Å². The van der Waals surface area contributed by atoms with Crippen LogP contribution < -0.4 is 5.32 Å². The number of rotatable bonds is 3. The lowest BCUT2D eigenvalue weighted by molar-refractivity contribution is 0.751. The Labute approximate surface area is 105 Å². The molecule has 1 aliphatic carbocycles. The summed E-state index contributed by atoms with van der Waals surface area (Å²) in [7, 11) is 0. The van der Waals surface area contributed by atoms with E-state index in [4.69, 9.17) is 11.6 Å². The monoisotopic (exact) mass is 247 g/mol. The fourth-order valence-corrected chi connectivity index (χ4v) is 2.18. The summed E-state index contributed by atoms with van der Waals surface area (Å²) >= 11 is 6.19. The minimum absolute atomic E-state index is 0.615. The summed E-state index contributed by atoms with van der Waals surface area (Å²) in [6.45, 7) is 2.03. The maximum atomic E-state index is 6.19. The average molecular weight is 248 g/mol. The number of hydrogen-bond acceptors (Lipinski definition) is 2. The molecule has 0 atom stereocenters. The molecule has 1 aromatic heterocycles. The van der Waals surface area contributed by atoms with E-state index in [9.17, 15) is 0 Å². The molecular weight excluding hydrogens is 234 g/mol. The normalized spacial score (nSPS) is 14.9. The molecule has 1 N–H and O–H groups in total. The number of nitrogens with one attached hydrogen (secondary N) is 1. The zero-order valence-corrected chi connectivity index (χ0v) is 10.4. The number of anilines is 2. The van der Waals surface area contributed by atoms with Gasteiger partial charge in [-0.1, -0.05) is 17.7 Å². The number of aromatic nitrogens is 2. The van der Waals surface area contributed by atoms with Crippen molar-refractivity contribution in [2.45, 2.75) is 25.8 Å². The van der Waals surface area contributed by atoms with Crippen LogP contribution >= 0.6 is 11.6 Å². The third-order valence-corrected chi connectivity index (χ3v) is 3.29. The van der Waals surface area contributed by atoms with Crippen LogP contribution in [0.3, 0.4) is 0 Å². The van der Waals surface area contributed by atoms with E-state index < -0.39 is 0 Å². The summed E-state index contributed by atoms with van der Waals surface area (Å²) in [6.07, 6.45) is 6.32.